The Morgan fingerprint density at radius 2 is 2.23 bits per heavy atom. The third kappa shape index (κ3) is 4.95. The number of amides is 1. The molecule has 1 amide bonds. The number of likely N-dealkylation sites (tertiary alicyclic amines) is 1. The summed E-state index contributed by atoms with van der Waals surface area (Å²) < 4.78 is 19.7. The van der Waals surface area contributed by atoms with Crippen molar-refractivity contribution in [2.45, 2.75) is 45.4 Å². The lowest BCUT2D eigenvalue weighted by Crippen LogP contribution is -2.40. The first-order valence-electron chi connectivity index (χ1n) is 7.39. The van der Waals surface area contributed by atoms with Gasteiger partial charge < -0.3 is 10.1 Å². The quantitative estimate of drug-likeness (QED) is 0.879. The Balaban J connectivity index is 1.85. The largest absolute Gasteiger partial charge is 0.444 e. The standard InChI is InChI=1S/C16H22BrFN2O2/c1-16(2,3)22-15(21)19-12-7-8-20(10-12)9-11-5-4-6-13(17)14(11)18/h4-6,12H,7-10H2,1-3H3,(H,19,21). The van der Waals surface area contributed by atoms with E-state index in [0.29, 0.717) is 23.1 Å². The summed E-state index contributed by atoms with van der Waals surface area (Å²) in [6, 6.07) is 5.35. The molecule has 0 aromatic heterocycles. The van der Waals surface area contributed by atoms with Gasteiger partial charge in [-0.1, -0.05) is 12.1 Å². The second-order valence-electron chi connectivity index (χ2n) is 6.58. The molecule has 6 heteroatoms. The number of hydrogen-bond acceptors (Lipinski definition) is 3. The van der Waals surface area contributed by atoms with Crippen LogP contribution in [0.25, 0.3) is 0 Å². The first-order valence-corrected chi connectivity index (χ1v) is 8.18. The van der Waals surface area contributed by atoms with E-state index in [0.717, 1.165) is 13.0 Å². The van der Waals surface area contributed by atoms with Crippen LogP contribution in [0, 0.1) is 5.82 Å². The summed E-state index contributed by atoms with van der Waals surface area (Å²) in [5.74, 6) is -0.217. The summed E-state index contributed by atoms with van der Waals surface area (Å²) in [6.45, 7) is 7.58. The average Bonchev–Trinajstić information content (AvgIpc) is 2.80. The van der Waals surface area contributed by atoms with Crippen LogP contribution in [0.4, 0.5) is 9.18 Å². The minimum absolute atomic E-state index is 0.0464. The van der Waals surface area contributed by atoms with Crippen molar-refractivity contribution < 1.29 is 13.9 Å². The van der Waals surface area contributed by atoms with Crippen LogP contribution in [0.15, 0.2) is 22.7 Å². The zero-order valence-electron chi connectivity index (χ0n) is 13.2. The molecule has 1 heterocycles. The average molecular weight is 373 g/mol. The van der Waals surface area contributed by atoms with Crippen LogP contribution in [0.1, 0.15) is 32.8 Å². The Morgan fingerprint density at radius 3 is 2.91 bits per heavy atom. The number of nitrogens with zero attached hydrogens (tertiary/aromatic N) is 1. The van der Waals surface area contributed by atoms with Gasteiger partial charge in [0.1, 0.15) is 11.4 Å². The lowest BCUT2D eigenvalue weighted by Gasteiger charge is -2.22. The molecule has 0 spiro atoms. The number of nitrogens with one attached hydrogen (secondary N) is 1. The number of ether oxygens (including phenoxy) is 1. The molecule has 22 heavy (non-hydrogen) atoms. The number of carbonyl (C=O) groups is 1. The van der Waals surface area contributed by atoms with Gasteiger partial charge in [-0.3, -0.25) is 4.90 Å². The fourth-order valence-electron chi connectivity index (χ4n) is 2.48. The molecular formula is C16H22BrFN2O2. The molecule has 4 nitrogen and oxygen atoms in total. The van der Waals surface area contributed by atoms with Gasteiger partial charge in [-0.2, -0.15) is 0 Å². The van der Waals surface area contributed by atoms with Crippen molar-refractivity contribution in [2.75, 3.05) is 13.1 Å². The summed E-state index contributed by atoms with van der Waals surface area (Å²) in [6.07, 6.45) is 0.447. The van der Waals surface area contributed by atoms with Gasteiger partial charge in [0.25, 0.3) is 0 Å². The van der Waals surface area contributed by atoms with Gasteiger partial charge >= 0.3 is 6.09 Å². The van der Waals surface area contributed by atoms with Crippen LogP contribution in [0.3, 0.4) is 0 Å². The highest BCUT2D eigenvalue weighted by Crippen LogP contribution is 2.21. The Bertz CT molecular complexity index is 545. The summed E-state index contributed by atoms with van der Waals surface area (Å²) in [7, 11) is 0. The van der Waals surface area contributed by atoms with E-state index in [4.69, 9.17) is 4.74 Å². The van der Waals surface area contributed by atoms with E-state index < -0.39 is 11.7 Å². The van der Waals surface area contributed by atoms with Crippen LogP contribution in [0.2, 0.25) is 0 Å². The van der Waals surface area contributed by atoms with E-state index in [2.05, 4.69) is 26.1 Å². The number of alkyl carbamates (subject to hydrolysis) is 1. The molecule has 0 radical (unpaired) electrons. The van der Waals surface area contributed by atoms with Crippen molar-refractivity contribution in [3.63, 3.8) is 0 Å². The van der Waals surface area contributed by atoms with Gasteiger partial charge in [-0.25, -0.2) is 9.18 Å². The van der Waals surface area contributed by atoms with E-state index in [9.17, 15) is 9.18 Å². The van der Waals surface area contributed by atoms with E-state index in [1.165, 1.54) is 0 Å². The minimum atomic E-state index is -0.498. The predicted molar refractivity (Wildman–Crippen MR) is 87.2 cm³/mol. The maximum absolute atomic E-state index is 14.0. The van der Waals surface area contributed by atoms with Crippen LogP contribution in [-0.2, 0) is 11.3 Å². The SMILES string of the molecule is CC(C)(C)OC(=O)NC1CCN(Cc2cccc(Br)c2F)C1. The monoisotopic (exact) mass is 372 g/mol. The molecule has 1 N–H and O–H groups in total. The Kier molecular flexibility index (Phi) is 5.45. The molecule has 1 aromatic rings. The zero-order chi connectivity index (χ0) is 16.3. The molecule has 1 fully saturated rings. The first kappa shape index (κ1) is 17.2. The van der Waals surface area contributed by atoms with E-state index in [1.807, 2.05) is 26.8 Å². The van der Waals surface area contributed by atoms with Crippen molar-refractivity contribution in [1.29, 1.82) is 0 Å². The van der Waals surface area contributed by atoms with Gasteiger partial charge in [-0.05, 0) is 49.2 Å². The highest BCUT2D eigenvalue weighted by atomic mass is 79.9. The highest BCUT2D eigenvalue weighted by molar-refractivity contribution is 9.10. The smallest absolute Gasteiger partial charge is 0.407 e. The first-order chi connectivity index (χ1) is 10.2. The van der Waals surface area contributed by atoms with E-state index >= 15 is 0 Å². The maximum Gasteiger partial charge on any atom is 0.407 e. The number of benzene rings is 1. The van der Waals surface area contributed by atoms with Gasteiger partial charge in [0, 0.05) is 31.2 Å². The lowest BCUT2D eigenvalue weighted by atomic mass is 10.2. The predicted octanol–water partition coefficient (Wildman–Crippen LogP) is 3.69. The van der Waals surface area contributed by atoms with E-state index in [-0.39, 0.29) is 11.9 Å². The molecule has 0 aliphatic carbocycles. The summed E-state index contributed by atoms with van der Waals surface area (Å²) in [5, 5.41) is 2.87. The van der Waals surface area contributed by atoms with Crippen molar-refractivity contribution in [3.8, 4) is 0 Å². The third-order valence-electron chi connectivity index (χ3n) is 3.42. The van der Waals surface area contributed by atoms with Gasteiger partial charge in [-0.15, -0.1) is 0 Å². The number of rotatable bonds is 3. The van der Waals surface area contributed by atoms with Gasteiger partial charge in [0.15, 0.2) is 0 Å². The van der Waals surface area contributed by atoms with Crippen LogP contribution < -0.4 is 5.32 Å². The van der Waals surface area contributed by atoms with Crippen molar-refractivity contribution in [2.24, 2.45) is 0 Å². The molecule has 1 aliphatic heterocycles. The second-order valence-corrected chi connectivity index (χ2v) is 7.43. The second kappa shape index (κ2) is 6.96. The Labute approximate surface area is 139 Å². The molecule has 1 aromatic carbocycles. The molecule has 122 valence electrons. The lowest BCUT2D eigenvalue weighted by molar-refractivity contribution is 0.0505. The molecule has 1 aliphatic rings. The summed E-state index contributed by atoms with van der Waals surface area (Å²) >= 11 is 3.20. The number of hydrogen-bond donors (Lipinski definition) is 1. The van der Waals surface area contributed by atoms with Gasteiger partial charge in [0.05, 0.1) is 4.47 Å². The molecular weight excluding hydrogens is 351 g/mol. The highest BCUT2D eigenvalue weighted by Gasteiger charge is 2.26. The molecule has 0 saturated carbocycles. The fraction of sp³-hybridized carbons (Fsp3) is 0.562. The third-order valence-corrected chi connectivity index (χ3v) is 4.03. The fourth-order valence-corrected chi connectivity index (χ4v) is 2.89. The Hall–Kier alpha value is -1.14. The number of halogens is 2. The number of carbonyl (C=O) groups excluding carboxylic acids is 1. The van der Waals surface area contributed by atoms with Crippen LogP contribution in [-0.4, -0.2) is 35.7 Å². The zero-order valence-corrected chi connectivity index (χ0v) is 14.7. The summed E-state index contributed by atoms with van der Waals surface area (Å²) in [5.41, 5.74) is 0.161. The van der Waals surface area contributed by atoms with Crippen molar-refractivity contribution in [1.82, 2.24) is 10.2 Å². The topological polar surface area (TPSA) is 41.6 Å². The molecule has 0 bridgehead atoms. The van der Waals surface area contributed by atoms with Crippen LogP contribution in [0.5, 0.6) is 0 Å². The van der Waals surface area contributed by atoms with Gasteiger partial charge in [0.2, 0.25) is 0 Å². The molecule has 1 saturated heterocycles. The minimum Gasteiger partial charge on any atom is -0.444 e. The van der Waals surface area contributed by atoms with Crippen molar-refractivity contribution >= 4 is 22.0 Å². The van der Waals surface area contributed by atoms with E-state index in [1.54, 1.807) is 12.1 Å². The molecule has 1 atom stereocenters. The Morgan fingerprint density at radius 1 is 1.50 bits per heavy atom. The summed E-state index contributed by atoms with van der Waals surface area (Å²) in [4.78, 5) is 13.9. The van der Waals surface area contributed by atoms with Crippen molar-refractivity contribution in [3.05, 3.63) is 34.1 Å². The normalized spacial score (nSPS) is 19.2. The van der Waals surface area contributed by atoms with Crippen LogP contribution >= 0.6 is 15.9 Å². The maximum atomic E-state index is 14.0. The molecule has 2 rings (SSSR count). The molecule has 1 unspecified atom stereocenters.